The average Bonchev–Trinajstić information content (AvgIpc) is 2.97. The number of nitrogens with zero attached hydrogens (tertiary/aromatic N) is 6. The maximum absolute atomic E-state index is 15.2. The fourth-order valence-corrected chi connectivity index (χ4v) is 5.70. The van der Waals surface area contributed by atoms with Crippen LogP contribution in [-0.2, 0) is 0 Å². The predicted octanol–water partition coefficient (Wildman–Crippen LogP) is 5.31. The third-order valence-corrected chi connectivity index (χ3v) is 7.96. The van der Waals surface area contributed by atoms with Gasteiger partial charge in [0.25, 0.3) is 0 Å². The van der Waals surface area contributed by atoms with Crippen LogP contribution in [0.15, 0.2) is 30.5 Å². The number of fused-ring (bicyclic) bond motifs is 1. The van der Waals surface area contributed by atoms with E-state index in [-0.39, 0.29) is 29.5 Å². The van der Waals surface area contributed by atoms with E-state index < -0.39 is 11.6 Å². The Balaban J connectivity index is 1.35. The molecule has 2 aromatic heterocycles. The Labute approximate surface area is 246 Å². The number of rotatable bonds is 9. The Morgan fingerprint density at radius 2 is 1.88 bits per heavy atom. The molecule has 1 atom stereocenters. The first kappa shape index (κ1) is 29.9. The zero-order valence-electron chi connectivity index (χ0n) is 25.3. The summed E-state index contributed by atoms with van der Waals surface area (Å²) in [5.41, 5.74) is 1.94. The van der Waals surface area contributed by atoms with Crippen molar-refractivity contribution in [1.82, 2.24) is 24.8 Å². The second-order valence-corrected chi connectivity index (χ2v) is 11.7. The Kier molecular flexibility index (Phi) is 9.08. The summed E-state index contributed by atoms with van der Waals surface area (Å²) >= 11 is 0. The van der Waals surface area contributed by atoms with Gasteiger partial charge >= 0.3 is 0 Å². The second-order valence-electron chi connectivity index (χ2n) is 11.7. The van der Waals surface area contributed by atoms with Crippen LogP contribution < -0.4 is 19.7 Å². The molecule has 1 N–H and O–H groups in total. The smallest absolute Gasteiger partial charge is 0.229 e. The standard InChI is InChI=1S/C31H41F2N7O2/c1-19(2)40-18-20(3)42-29-24(32)15-22(16-26(29)40)28-25(33)17-34-31(37-28)36-27-8-7-23(30(35-27)41-6)21-9-11-39(12-10-21)14-13-38(4)5/h7-8,15-17,19-21H,9-14,18H2,1-6H3,(H,34,35,36,37). The van der Waals surface area contributed by atoms with Gasteiger partial charge in [0.1, 0.15) is 17.6 Å². The predicted molar refractivity (Wildman–Crippen MR) is 161 cm³/mol. The fraction of sp³-hybridized carbons (Fsp3) is 0.516. The lowest BCUT2D eigenvalue weighted by Crippen LogP contribution is -2.42. The molecule has 11 heteroatoms. The SMILES string of the molecule is COc1nc(Nc2ncc(F)c(-c3cc(F)c4c(c3)N(C(C)C)CC(C)O4)n2)ccc1C1CCN(CCN(C)C)CC1. The van der Waals surface area contributed by atoms with Gasteiger partial charge in [0, 0.05) is 30.3 Å². The topological polar surface area (TPSA) is 78.9 Å². The number of piperidine rings is 1. The van der Waals surface area contributed by atoms with E-state index in [1.54, 1.807) is 13.2 Å². The van der Waals surface area contributed by atoms with Crippen LogP contribution in [0.2, 0.25) is 0 Å². The summed E-state index contributed by atoms with van der Waals surface area (Å²) in [5, 5.41) is 3.07. The molecule has 5 rings (SSSR count). The Morgan fingerprint density at radius 3 is 2.57 bits per heavy atom. The molecule has 1 unspecified atom stereocenters. The molecule has 0 bridgehead atoms. The number of aromatic nitrogens is 3. The number of ether oxygens (including phenoxy) is 2. The van der Waals surface area contributed by atoms with Crippen molar-refractivity contribution in [2.24, 2.45) is 0 Å². The first-order valence-corrected chi connectivity index (χ1v) is 14.6. The van der Waals surface area contributed by atoms with Crippen LogP contribution in [0.5, 0.6) is 11.6 Å². The van der Waals surface area contributed by atoms with Crippen molar-refractivity contribution in [3.8, 4) is 22.9 Å². The zero-order chi connectivity index (χ0) is 30.0. The number of methoxy groups -OCH3 is 1. The molecule has 0 radical (unpaired) electrons. The minimum atomic E-state index is -0.654. The van der Waals surface area contributed by atoms with E-state index in [2.05, 4.69) is 49.1 Å². The minimum absolute atomic E-state index is 0.0128. The highest BCUT2D eigenvalue weighted by Gasteiger charge is 2.29. The molecule has 1 aromatic carbocycles. The van der Waals surface area contributed by atoms with Crippen molar-refractivity contribution in [3.63, 3.8) is 0 Å². The van der Waals surface area contributed by atoms with Crippen molar-refractivity contribution in [3.05, 3.63) is 47.7 Å². The highest BCUT2D eigenvalue weighted by atomic mass is 19.1. The van der Waals surface area contributed by atoms with Gasteiger partial charge in [-0.2, -0.15) is 4.98 Å². The molecule has 226 valence electrons. The Morgan fingerprint density at radius 1 is 1.12 bits per heavy atom. The molecule has 1 saturated heterocycles. The van der Waals surface area contributed by atoms with Crippen LogP contribution >= 0.6 is 0 Å². The molecule has 3 aromatic rings. The van der Waals surface area contributed by atoms with Gasteiger partial charge in [-0.05, 0) is 91.0 Å². The highest BCUT2D eigenvalue weighted by Crippen LogP contribution is 2.41. The van der Waals surface area contributed by atoms with Gasteiger partial charge in [-0.15, -0.1) is 0 Å². The third kappa shape index (κ3) is 6.57. The van der Waals surface area contributed by atoms with E-state index in [0.29, 0.717) is 35.4 Å². The monoisotopic (exact) mass is 581 g/mol. The summed E-state index contributed by atoms with van der Waals surface area (Å²) in [6, 6.07) is 6.98. The van der Waals surface area contributed by atoms with Crippen LogP contribution in [0.3, 0.4) is 0 Å². The number of benzene rings is 1. The zero-order valence-corrected chi connectivity index (χ0v) is 25.3. The lowest BCUT2D eigenvalue weighted by Gasteiger charge is -2.38. The summed E-state index contributed by atoms with van der Waals surface area (Å²) < 4.78 is 41.7. The van der Waals surface area contributed by atoms with E-state index in [4.69, 9.17) is 9.47 Å². The molecule has 42 heavy (non-hydrogen) atoms. The van der Waals surface area contributed by atoms with E-state index in [9.17, 15) is 0 Å². The Bertz CT molecular complexity index is 1400. The quantitative estimate of drug-likeness (QED) is 0.362. The third-order valence-electron chi connectivity index (χ3n) is 7.96. The van der Waals surface area contributed by atoms with Crippen molar-refractivity contribution in [2.45, 2.75) is 51.7 Å². The molecule has 0 aliphatic carbocycles. The molecule has 0 amide bonds. The molecule has 2 aliphatic rings. The molecule has 4 heterocycles. The van der Waals surface area contributed by atoms with Gasteiger partial charge in [-0.3, -0.25) is 0 Å². The van der Waals surface area contributed by atoms with Crippen LogP contribution in [0.25, 0.3) is 11.3 Å². The maximum atomic E-state index is 15.2. The molecular weight excluding hydrogens is 540 g/mol. The van der Waals surface area contributed by atoms with Crippen LogP contribution in [-0.4, -0.2) is 90.8 Å². The van der Waals surface area contributed by atoms with Crippen molar-refractivity contribution in [2.75, 3.05) is 64.1 Å². The van der Waals surface area contributed by atoms with E-state index in [0.717, 1.165) is 50.8 Å². The van der Waals surface area contributed by atoms with Crippen molar-refractivity contribution >= 4 is 17.5 Å². The lowest BCUT2D eigenvalue weighted by molar-refractivity contribution is 0.192. The van der Waals surface area contributed by atoms with E-state index >= 15 is 8.78 Å². The van der Waals surface area contributed by atoms with Crippen molar-refractivity contribution in [1.29, 1.82) is 0 Å². The van der Waals surface area contributed by atoms with Gasteiger partial charge in [-0.25, -0.2) is 18.7 Å². The molecule has 2 aliphatic heterocycles. The number of hydrogen-bond acceptors (Lipinski definition) is 9. The normalized spacial score (nSPS) is 17.9. The van der Waals surface area contributed by atoms with Crippen LogP contribution in [0.1, 0.15) is 45.1 Å². The second kappa shape index (κ2) is 12.7. The number of anilines is 3. The molecule has 0 saturated carbocycles. The van der Waals surface area contributed by atoms with Crippen LogP contribution in [0, 0.1) is 11.6 Å². The summed E-state index contributed by atoms with van der Waals surface area (Å²) in [4.78, 5) is 19.9. The highest BCUT2D eigenvalue weighted by molar-refractivity contribution is 5.73. The average molecular weight is 582 g/mol. The van der Waals surface area contributed by atoms with Gasteiger partial charge in [0.2, 0.25) is 11.8 Å². The summed E-state index contributed by atoms with van der Waals surface area (Å²) in [7, 11) is 5.81. The minimum Gasteiger partial charge on any atom is -0.484 e. The molecular formula is C31H41F2N7O2. The van der Waals surface area contributed by atoms with Gasteiger partial charge in [0.15, 0.2) is 17.4 Å². The van der Waals surface area contributed by atoms with Crippen LogP contribution in [0.4, 0.5) is 26.2 Å². The maximum Gasteiger partial charge on any atom is 0.229 e. The Hall–Kier alpha value is -3.57. The van der Waals surface area contributed by atoms with Gasteiger partial charge < -0.3 is 29.5 Å². The number of hydrogen-bond donors (Lipinski definition) is 1. The first-order chi connectivity index (χ1) is 20.1. The lowest BCUT2D eigenvalue weighted by atomic mass is 9.90. The molecule has 9 nitrogen and oxygen atoms in total. The summed E-state index contributed by atoms with van der Waals surface area (Å²) in [5.74, 6) is 0.496. The first-order valence-electron chi connectivity index (χ1n) is 14.6. The number of likely N-dealkylation sites (tertiary alicyclic amines) is 1. The van der Waals surface area contributed by atoms with E-state index in [1.165, 1.54) is 6.07 Å². The van der Waals surface area contributed by atoms with Gasteiger partial charge in [0.05, 0.1) is 25.5 Å². The number of halogens is 2. The fourth-order valence-electron chi connectivity index (χ4n) is 5.70. The number of nitrogens with one attached hydrogen (secondary N) is 1. The van der Waals surface area contributed by atoms with Crippen molar-refractivity contribution < 1.29 is 18.3 Å². The largest absolute Gasteiger partial charge is 0.484 e. The molecule has 1 fully saturated rings. The summed E-state index contributed by atoms with van der Waals surface area (Å²) in [6.45, 7) is 10.8. The number of pyridine rings is 1. The van der Waals surface area contributed by atoms with Gasteiger partial charge in [-0.1, -0.05) is 0 Å². The summed E-state index contributed by atoms with van der Waals surface area (Å²) in [6.07, 6.45) is 3.00. The van der Waals surface area contributed by atoms with E-state index in [1.807, 2.05) is 32.9 Å². The molecule has 0 spiro atoms. The number of likely N-dealkylation sites (N-methyl/N-ethyl adjacent to an activating group) is 1.